The molecule has 0 bridgehead atoms. The summed E-state index contributed by atoms with van der Waals surface area (Å²) in [5.74, 6) is -1.01. The predicted molar refractivity (Wildman–Crippen MR) is 88.9 cm³/mol. The zero-order valence-electron chi connectivity index (χ0n) is 12.9. The maximum Gasteiger partial charge on any atom is 0.313 e. The van der Waals surface area contributed by atoms with E-state index in [1.165, 1.54) is 7.11 Å². The molecule has 1 unspecified atom stereocenters. The highest BCUT2D eigenvalue weighted by Gasteiger charge is 2.44. The Kier molecular flexibility index (Phi) is 4.37. The number of hydrogen-bond acceptors (Lipinski definition) is 4. The van der Waals surface area contributed by atoms with E-state index in [9.17, 15) is 14.7 Å². The number of benzene rings is 1. The number of thiophene rings is 1. The second kappa shape index (κ2) is 6.29. The Labute approximate surface area is 138 Å². The summed E-state index contributed by atoms with van der Waals surface area (Å²) in [4.78, 5) is 26.1. The third-order valence-electron chi connectivity index (χ3n) is 4.44. The fraction of sp³-hybridized carbons (Fsp3) is 0.412. The molecule has 1 aliphatic rings. The minimum absolute atomic E-state index is 0.112. The molecule has 1 amide bonds. The predicted octanol–water partition coefficient (Wildman–Crippen LogP) is 2.85. The molecule has 0 radical (unpaired) electrons. The Balaban J connectivity index is 1.84. The number of fused-ring (bicyclic) bond motifs is 1. The van der Waals surface area contributed by atoms with Crippen molar-refractivity contribution in [3.63, 3.8) is 0 Å². The molecule has 1 N–H and O–H groups in total. The smallest absolute Gasteiger partial charge is 0.313 e. The van der Waals surface area contributed by atoms with Gasteiger partial charge in [0.15, 0.2) is 0 Å². The number of nitrogens with zero attached hydrogens (tertiary/aromatic N) is 1. The number of methoxy groups -OCH3 is 1. The van der Waals surface area contributed by atoms with Crippen LogP contribution in [0.25, 0.3) is 10.1 Å². The first-order valence-electron chi connectivity index (χ1n) is 7.55. The van der Waals surface area contributed by atoms with Crippen molar-refractivity contribution in [2.45, 2.75) is 12.8 Å². The molecular formula is C17H19NO4S. The van der Waals surface area contributed by atoms with Gasteiger partial charge in [-0.15, -0.1) is 11.3 Å². The summed E-state index contributed by atoms with van der Waals surface area (Å²) in [7, 11) is 1.50. The van der Waals surface area contributed by atoms with Crippen molar-refractivity contribution < 1.29 is 19.4 Å². The first-order valence-corrected chi connectivity index (χ1v) is 8.43. The van der Waals surface area contributed by atoms with Crippen LogP contribution in [0.4, 0.5) is 0 Å². The number of piperidine rings is 1. The van der Waals surface area contributed by atoms with Gasteiger partial charge in [-0.1, -0.05) is 0 Å². The van der Waals surface area contributed by atoms with Crippen LogP contribution in [-0.4, -0.2) is 48.7 Å². The second-order valence-electron chi connectivity index (χ2n) is 6.02. The average Bonchev–Trinajstić information content (AvgIpc) is 3.02. The Bertz CT molecular complexity index is 737. The van der Waals surface area contributed by atoms with E-state index < -0.39 is 11.4 Å². The van der Waals surface area contributed by atoms with E-state index >= 15 is 0 Å². The summed E-state index contributed by atoms with van der Waals surface area (Å²) >= 11 is 1.63. The number of carboxylic acid groups (broad SMARTS) is 1. The third-order valence-corrected chi connectivity index (χ3v) is 5.34. The van der Waals surface area contributed by atoms with Crippen LogP contribution in [-0.2, 0) is 9.53 Å². The lowest BCUT2D eigenvalue weighted by Gasteiger charge is -2.39. The van der Waals surface area contributed by atoms with Crippen LogP contribution in [0.15, 0.2) is 29.6 Å². The topological polar surface area (TPSA) is 66.8 Å². The summed E-state index contributed by atoms with van der Waals surface area (Å²) in [5, 5.41) is 12.6. The standard InChI is InChI=1S/C17H19NO4S/c1-22-11-17(16(20)21)6-2-7-18(10-17)15(19)13-3-4-14-12(9-13)5-8-23-14/h3-5,8-9H,2,6-7,10-11H2,1H3,(H,20,21). The van der Waals surface area contributed by atoms with Crippen molar-refractivity contribution in [2.24, 2.45) is 5.41 Å². The van der Waals surface area contributed by atoms with Gasteiger partial charge in [0.25, 0.3) is 5.91 Å². The molecule has 23 heavy (non-hydrogen) atoms. The Morgan fingerprint density at radius 3 is 2.96 bits per heavy atom. The molecule has 0 saturated carbocycles. The van der Waals surface area contributed by atoms with Crippen molar-refractivity contribution in [1.29, 1.82) is 0 Å². The summed E-state index contributed by atoms with van der Waals surface area (Å²) in [6.07, 6.45) is 1.20. The fourth-order valence-corrected chi connectivity index (χ4v) is 3.99. The first kappa shape index (κ1) is 16.0. The first-order chi connectivity index (χ1) is 11.1. The molecule has 1 atom stereocenters. The number of amides is 1. The van der Waals surface area contributed by atoms with Gasteiger partial charge in [-0.3, -0.25) is 9.59 Å². The van der Waals surface area contributed by atoms with E-state index in [0.717, 1.165) is 10.1 Å². The average molecular weight is 333 g/mol. The monoisotopic (exact) mass is 333 g/mol. The highest BCUT2D eigenvalue weighted by atomic mass is 32.1. The maximum atomic E-state index is 12.8. The molecule has 1 aliphatic heterocycles. The molecule has 1 fully saturated rings. The van der Waals surface area contributed by atoms with Crippen molar-refractivity contribution in [3.05, 3.63) is 35.2 Å². The van der Waals surface area contributed by atoms with Crippen molar-refractivity contribution in [1.82, 2.24) is 4.90 Å². The van der Waals surface area contributed by atoms with E-state index in [4.69, 9.17) is 4.74 Å². The van der Waals surface area contributed by atoms with E-state index in [2.05, 4.69) is 0 Å². The van der Waals surface area contributed by atoms with E-state index in [1.54, 1.807) is 16.2 Å². The SMILES string of the molecule is COCC1(C(=O)O)CCCN(C(=O)c2ccc3sccc3c2)C1. The van der Waals surface area contributed by atoms with Crippen molar-refractivity contribution in [3.8, 4) is 0 Å². The highest BCUT2D eigenvalue weighted by molar-refractivity contribution is 7.17. The largest absolute Gasteiger partial charge is 0.481 e. The van der Waals surface area contributed by atoms with Crippen LogP contribution in [0.3, 0.4) is 0 Å². The number of carbonyl (C=O) groups excluding carboxylic acids is 1. The lowest BCUT2D eigenvalue weighted by molar-refractivity contribution is -0.155. The van der Waals surface area contributed by atoms with Crippen molar-refractivity contribution >= 4 is 33.3 Å². The molecule has 0 aliphatic carbocycles. The number of rotatable bonds is 4. The Hall–Kier alpha value is -1.92. The lowest BCUT2D eigenvalue weighted by Crippen LogP contribution is -2.52. The van der Waals surface area contributed by atoms with E-state index in [0.29, 0.717) is 24.9 Å². The summed E-state index contributed by atoms with van der Waals surface area (Å²) in [5.41, 5.74) is -0.399. The third kappa shape index (κ3) is 2.96. The highest BCUT2D eigenvalue weighted by Crippen LogP contribution is 2.32. The van der Waals surface area contributed by atoms with Gasteiger partial charge in [-0.25, -0.2) is 0 Å². The number of carboxylic acids is 1. The van der Waals surface area contributed by atoms with Gasteiger partial charge in [0.1, 0.15) is 5.41 Å². The minimum Gasteiger partial charge on any atom is -0.481 e. The van der Waals surface area contributed by atoms with Crippen LogP contribution in [0.5, 0.6) is 0 Å². The summed E-state index contributed by atoms with van der Waals surface area (Å²) in [6, 6.07) is 7.62. The van der Waals surface area contributed by atoms with Gasteiger partial charge < -0.3 is 14.7 Å². The lowest BCUT2D eigenvalue weighted by atomic mass is 9.80. The zero-order valence-corrected chi connectivity index (χ0v) is 13.8. The van der Waals surface area contributed by atoms with E-state index in [1.807, 2.05) is 29.6 Å². The van der Waals surface area contributed by atoms with Gasteiger partial charge in [-0.2, -0.15) is 0 Å². The molecule has 2 heterocycles. The molecule has 1 aromatic heterocycles. The van der Waals surface area contributed by atoms with Gasteiger partial charge >= 0.3 is 5.97 Å². The summed E-state index contributed by atoms with van der Waals surface area (Å²) < 4.78 is 6.25. The quantitative estimate of drug-likeness (QED) is 0.934. The number of ether oxygens (including phenoxy) is 1. The molecule has 6 heteroatoms. The molecule has 3 rings (SSSR count). The van der Waals surface area contributed by atoms with Crippen molar-refractivity contribution in [2.75, 3.05) is 26.8 Å². The summed E-state index contributed by atoms with van der Waals surface area (Å²) in [6.45, 7) is 0.894. The van der Waals surface area contributed by atoms with Crippen LogP contribution in [0.2, 0.25) is 0 Å². The Morgan fingerprint density at radius 1 is 1.39 bits per heavy atom. The second-order valence-corrected chi connectivity index (χ2v) is 6.97. The van der Waals surface area contributed by atoms with E-state index in [-0.39, 0.29) is 19.1 Å². The molecule has 5 nitrogen and oxygen atoms in total. The fourth-order valence-electron chi connectivity index (χ4n) is 3.22. The number of likely N-dealkylation sites (tertiary alicyclic amines) is 1. The minimum atomic E-state index is -1.00. The van der Waals surface area contributed by atoms with Crippen LogP contribution in [0, 0.1) is 5.41 Å². The Morgan fingerprint density at radius 2 is 2.22 bits per heavy atom. The molecule has 122 valence electrons. The molecule has 0 spiro atoms. The van der Waals surface area contributed by atoms with Crippen LogP contribution >= 0.6 is 11.3 Å². The molecule has 2 aromatic rings. The number of aliphatic carboxylic acids is 1. The normalized spacial score (nSPS) is 21.5. The molecular weight excluding hydrogens is 314 g/mol. The van der Waals surface area contributed by atoms with Crippen LogP contribution < -0.4 is 0 Å². The molecule has 1 saturated heterocycles. The van der Waals surface area contributed by atoms with Gasteiger partial charge in [0.2, 0.25) is 0 Å². The van der Waals surface area contributed by atoms with Gasteiger partial charge in [0, 0.05) is 30.5 Å². The number of hydrogen-bond donors (Lipinski definition) is 1. The number of carbonyl (C=O) groups is 2. The van der Waals surface area contributed by atoms with Gasteiger partial charge in [0.05, 0.1) is 6.61 Å². The zero-order chi connectivity index (χ0) is 16.4. The van der Waals surface area contributed by atoms with Gasteiger partial charge in [-0.05, 0) is 47.9 Å². The maximum absolute atomic E-state index is 12.8. The van der Waals surface area contributed by atoms with Crippen LogP contribution in [0.1, 0.15) is 23.2 Å². The molecule has 1 aromatic carbocycles.